The lowest BCUT2D eigenvalue weighted by molar-refractivity contribution is -0.227. The van der Waals surface area contributed by atoms with Crippen LogP contribution in [-0.4, -0.2) is 30.8 Å². The van der Waals surface area contributed by atoms with Crippen molar-refractivity contribution in [1.82, 2.24) is 0 Å². The summed E-state index contributed by atoms with van der Waals surface area (Å²) in [4.78, 5) is 10.7. The van der Waals surface area contributed by atoms with Crippen LogP contribution in [-0.2, 0) is 9.53 Å². The van der Waals surface area contributed by atoms with Crippen molar-refractivity contribution < 1.29 is 14.6 Å². The summed E-state index contributed by atoms with van der Waals surface area (Å²) in [5.41, 5.74) is 5.96. The third-order valence-corrected chi connectivity index (χ3v) is 3.94. The minimum Gasteiger partial charge on any atom is -0.480 e. The number of nitrogens with two attached hydrogens (primary N) is 1. The summed E-state index contributed by atoms with van der Waals surface area (Å²) in [5, 5.41) is 8.82. The SMILES string of the molecule is COCCC12CC(C(N)C(=O)O)(C1)C2. The summed E-state index contributed by atoms with van der Waals surface area (Å²) >= 11 is 0. The molecular formula is C10H17NO3. The molecule has 0 heterocycles. The van der Waals surface area contributed by atoms with Gasteiger partial charge in [-0.05, 0) is 36.5 Å². The molecule has 1 atom stereocenters. The van der Waals surface area contributed by atoms with Gasteiger partial charge in [0.15, 0.2) is 0 Å². The zero-order chi connectivity index (χ0) is 10.4. The van der Waals surface area contributed by atoms with Gasteiger partial charge in [-0.3, -0.25) is 4.79 Å². The largest absolute Gasteiger partial charge is 0.480 e. The van der Waals surface area contributed by atoms with Crippen molar-refractivity contribution in [1.29, 1.82) is 0 Å². The highest BCUT2D eigenvalue weighted by Gasteiger charge is 2.70. The van der Waals surface area contributed by atoms with Crippen molar-refractivity contribution in [3.63, 3.8) is 0 Å². The normalized spacial score (nSPS) is 41.0. The van der Waals surface area contributed by atoms with E-state index in [1.54, 1.807) is 7.11 Å². The van der Waals surface area contributed by atoms with Crippen LogP contribution >= 0.6 is 0 Å². The van der Waals surface area contributed by atoms with E-state index in [1.165, 1.54) is 0 Å². The maximum Gasteiger partial charge on any atom is 0.321 e. The molecule has 3 aliphatic carbocycles. The van der Waals surface area contributed by atoms with E-state index in [0.29, 0.717) is 5.41 Å². The van der Waals surface area contributed by atoms with Crippen LogP contribution in [0, 0.1) is 10.8 Å². The van der Waals surface area contributed by atoms with Crippen LogP contribution in [0.3, 0.4) is 0 Å². The number of carboxylic acid groups (broad SMARTS) is 1. The van der Waals surface area contributed by atoms with E-state index >= 15 is 0 Å². The molecule has 3 saturated carbocycles. The minimum absolute atomic E-state index is 0.0699. The lowest BCUT2D eigenvalue weighted by Gasteiger charge is -2.72. The van der Waals surface area contributed by atoms with Gasteiger partial charge in [0.05, 0.1) is 0 Å². The fourth-order valence-electron chi connectivity index (χ4n) is 3.26. The van der Waals surface area contributed by atoms with E-state index < -0.39 is 12.0 Å². The second kappa shape index (κ2) is 2.94. The predicted octanol–water partition coefficient (Wildman–Crippen LogP) is 0.605. The fourth-order valence-corrected chi connectivity index (χ4v) is 3.26. The van der Waals surface area contributed by atoms with Crippen molar-refractivity contribution in [3.05, 3.63) is 0 Å². The van der Waals surface area contributed by atoms with Gasteiger partial charge in [0, 0.05) is 13.7 Å². The van der Waals surface area contributed by atoms with Crippen LogP contribution in [0.2, 0.25) is 0 Å². The zero-order valence-electron chi connectivity index (χ0n) is 8.45. The number of rotatable bonds is 5. The Morgan fingerprint density at radius 2 is 2.14 bits per heavy atom. The zero-order valence-corrected chi connectivity index (χ0v) is 8.45. The summed E-state index contributed by atoms with van der Waals surface area (Å²) in [5.74, 6) is -0.856. The Bertz CT molecular complexity index is 244. The molecule has 0 aromatic carbocycles. The first-order valence-electron chi connectivity index (χ1n) is 5.01. The topological polar surface area (TPSA) is 72.5 Å². The highest BCUT2D eigenvalue weighted by atomic mass is 16.5. The molecule has 0 aliphatic heterocycles. The molecule has 0 aromatic rings. The summed E-state index contributed by atoms with van der Waals surface area (Å²) in [7, 11) is 1.70. The number of carboxylic acids is 1. The first-order chi connectivity index (χ1) is 6.54. The van der Waals surface area contributed by atoms with Crippen LogP contribution in [0.15, 0.2) is 0 Å². The Morgan fingerprint density at radius 1 is 1.57 bits per heavy atom. The Morgan fingerprint density at radius 3 is 2.57 bits per heavy atom. The summed E-state index contributed by atoms with van der Waals surface area (Å²) in [6.45, 7) is 0.776. The second-order valence-electron chi connectivity index (χ2n) is 4.95. The molecule has 3 rings (SSSR count). The lowest BCUT2D eigenvalue weighted by Crippen LogP contribution is -2.70. The molecule has 4 nitrogen and oxygen atoms in total. The van der Waals surface area contributed by atoms with Crippen LogP contribution in [0.1, 0.15) is 25.7 Å². The van der Waals surface area contributed by atoms with Crippen LogP contribution < -0.4 is 5.73 Å². The van der Waals surface area contributed by atoms with Crippen molar-refractivity contribution in [2.45, 2.75) is 31.7 Å². The Labute approximate surface area is 83.4 Å². The number of aliphatic carboxylic acids is 1. The molecule has 3 fully saturated rings. The second-order valence-corrected chi connectivity index (χ2v) is 4.95. The van der Waals surface area contributed by atoms with Gasteiger partial charge >= 0.3 is 5.97 Å². The van der Waals surface area contributed by atoms with Crippen molar-refractivity contribution in [2.24, 2.45) is 16.6 Å². The van der Waals surface area contributed by atoms with Crippen molar-refractivity contribution in [3.8, 4) is 0 Å². The first kappa shape index (κ1) is 9.93. The molecule has 0 spiro atoms. The third-order valence-electron chi connectivity index (χ3n) is 3.94. The van der Waals surface area contributed by atoms with Gasteiger partial charge < -0.3 is 15.6 Å². The number of hydrogen-bond acceptors (Lipinski definition) is 3. The lowest BCUT2D eigenvalue weighted by atomic mass is 9.32. The van der Waals surface area contributed by atoms with Crippen molar-refractivity contribution in [2.75, 3.05) is 13.7 Å². The van der Waals surface area contributed by atoms with Gasteiger partial charge in [-0.15, -0.1) is 0 Å². The summed E-state index contributed by atoms with van der Waals surface area (Å²) in [6.07, 6.45) is 4.00. The number of ether oxygens (including phenoxy) is 1. The molecule has 3 N–H and O–H groups in total. The maximum absolute atomic E-state index is 10.7. The Hall–Kier alpha value is -0.610. The molecule has 2 bridgehead atoms. The van der Waals surface area contributed by atoms with Gasteiger partial charge in [0.1, 0.15) is 6.04 Å². The monoisotopic (exact) mass is 199 g/mol. The van der Waals surface area contributed by atoms with Crippen molar-refractivity contribution >= 4 is 5.97 Å². The van der Waals surface area contributed by atoms with E-state index in [2.05, 4.69) is 0 Å². The van der Waals surface area contributed by atoms with Crippen LogP contribution in [0.5, 0.6) is 0 Å². The molecule has 80 valence electrons. The fraction of sp³-hybridized carbons (Fsp3) is 0.900. The van der Waals surface area contributed by atoms with E-state index in [1.807, 2.05) is 0 Å². The van der Waals surface area contributed by atoms with E-state index in [-0.39, 0.29) is 5.41 Å². The van der Waals surface area contributed by atoms with Gasteiger partial charge in [-0.2, -0.15) is 0 Å². The van der Waals surface area contributed by atoms with Gasteiger partial charge in [0.25, 0.3) is 0 Å². The maximum atomic E-state index is 10.7. The van der Waals surface area contributed by atoms with E-state index in [9.17, 15) is 4.79 Å². The van der Waals surface area contributed by atoms with Crippen LogP contribution in [0.25, 0.3) is 0 Å². The highest BCUT2D eigenvalue weighted by Crippen LogP contribution is 2.75. The molecule has 0 radical (unpaired) electrons. The van der Waals surface area contributed by atoms with Gasteiger partial charge in [0.2, 0.25) is 0 Å². The average Bonchev–Trinajstić information content (AvgIpc) is 1.99. The molecule has 0 aromatic heterocycles. The summed E-state index contributed by atoms with van der Waals surface area (Å²) < 4.78 is 5.03. The molecular weight excluding hydrogens is 182 g/mol. The predicted molar refractivity (Wildman–Crippen MR) is 50.8 cm³/mol. The van der Waals surface area contributed by atoms with E-state index in [0.717, 1.165) is 32.3 Å². The number of methoxy groups -OCH3 is 1. The Kier molecular flexibility index (Phi) is 2.08. The van der Waals surface area contributed by atoms with Gasteiger partial charge in [-0.25, -0.2) is 0 Å². The smallest absolute Gasteiger partial charge is 0.321 e. The first-order valence-corrected chi connectivity index (χ1v) is 5.01. The molecule has 4 heteroatoms. The van der Waals surface area contributed by atoms with E-state index in [4.69, 9.17) is 15.6 Å². The summed E-state index contributed by atoms with van der Waals surface area (Å²) in [6, 6.07) is -0.660. The molecule has 1 unspecified atom stereocenters. The average molecular weight is 199 g/mol. The number of carbonyl (C=O) groups is 1. The number of hydrogen-bond donors (Lipinski definition) is 2. The molecule has 0 saturated heterocycles. The standard InChI is InChI=1S/C10H17NO3/c1-14-3-2-9-4-10(5-9,6-9)7(11)8(12)13/h7H,2-6,11H2,1H3,(H,12,13). The molecule has 3 aliphatic rings. The highest BCUT2D eigenvalue weighted by molar-refractivity contribution is 5.75. The quantitative estimate of drug-likeness (QED) is 0.680. The minimum atomic E-state index is -0.856. The Balaban J connectivity index is 1.85. The molecule has 0 amide bonds. The third kappa shape index (κ3) is 1.17. The molecule has 14 heavy (non-hydrogen) atoms. The van der Waals surface area contributed by atoms with Crippen LogP contribution in [0.4, 0.5) is 0 Å². The van der Waals surface area contributed by atoms with Gasteiger partial charge in [-0.1, -0.05) is 0 Å².